The van der Waals surface area contributed by atoms with Gasteiger partial charge in [-0.1, -0.05) is 18.2 Å². The highest BCUT2D eigenvalue weighted by Gasteiger charge is 2.31. The molecule has 2 unspecified atom stereocenters. The molecule has 0 aliphatic rings. The average Bonchev–Trinajstić information content (AvgIpc) is 2.61. The largest absolute Gasteiger partial charge is 0.496 e. The maximum absolute atomic E-state index is 10.4. The second kappa shape index (κ2) is 8.57. The molecular formula is C18H22O7. The van der Waals surface area contributed by atoms with Crippen molar-refractivity contribution in [3.05, 3.63) is 48.0 Å². The van der Waals surface area contributed by atoms with E-state index in [0.29, 0.717) is 22.8 Å². The second-order valence-corrected chi connectivity index (χ2v) is 5.21. The predicted molar refractivity (Wildman–Crippen MR) is 90.1 cm³/mol. The molecule has 25 heavy (non-hydrogen) atoms. The molecular weight excluding hydrogens is 328 g/mol. The van der Waals surface area contributed by atoms with Crippen molar-refractivity contribution in [2.75, 3.05) is 21.3 Å². The van der Waals surface area contributed by atoms with Crippen molar-refractivity contribution in [2.45, 2.75) is 18.5 Å². The van der Waals surface area contributed by atoms with Crippen molar-refractivity contribution >= 4 is 0 Å². The van der Waals surface area contributed by atoms with Gasteiger partial charge in [-0.15, -0.1) is 0 Å². The van der Waals surface area contributed by atoms with E-state index in [9.17, 15) is 15.3 Å². The molecule has 0 fully saturated rings. The van der Waals surface area contributed by atoms with Gasteiger partial charge in [-0.2, -0.15) is 0 Å². The molecule has 2 atom stereocenters. The van der Waals surface area contributed by atoms with Gasteiger partial charge in [0.05, 0.1) is 21.3 Å². The number of benzene rings is 2. The highest BCUT2D eigenvalue weighted by atomic mass is 16.6. The minimum absolute atomic E-state index is 0.283. The first kappa shape index (κ1) is 18.9. The Labute approximate surface area is 146 Å². The lowest BCUT2D eigenvalue weighted by Gasteiger charge is -2.26. The molecule has 0 bridgehead atoms. The zero-order valence-corrected chi connectivity index (χ0v) is 14.2. The Balaban J connectivity index is 2.28. The van der Waals surface area contributed by atoms with E-state index in [1.807, 2.05) is 0 Å². The fourth-order valence-electron chi connectivity index (χ4n) is 2.51. The lowest BCUT2D eigenvalue weighted by molar-refractivity contribution is -0.137. The highest BCUT2D eigenvalue weighted by molar-refractivity contribution is 5.45. The number of rotatable bonds is 8. The normalized spacial score (nSPS) is 13.2. The molecule has 7 heteroatoms. The molecule has 0 amide bonds. The van der Waals surface area contributed by atoms with Gasteiger partial charge in [0.1, 0.15) is 17.4 Å². The zero-order valence-electron chi connectivity index (χ0n) is 14.2. The Morgan fingerprint density at radius 2 is 1.40 bits per heavy atom. The van der Waals surface area contributed by atoms with E-state index in [0.717, 1.165) is 0 Å². The minimum Gasteiger partial charge on any atom is -0.496 e. The zero-order chi connectivity index (χ0) is 18.4. The summed E-state index contributed by atoms with van der Waals surface area (Å²) in [7, 11) is 4.45. The Morgan fingerprint density at radius 1 is 0.760 bits per heavy atom. The molecule has 0 spiro atoms. The van der Waals surface area contributed by atoms with Gasteiger partial charge >= 0.3 is 0 Å². The number of hydrogen-bond acceptors (Lipinski definition) is 7. The van der Waals surface area contributed by atoms with Gasteiger partial charge in [0.25, 0.3) is 0 Å². The summed E-state index contributed by atoms with van der Waals surface area (Å²) in [5, 5.41) is 29.9. The van der Waals surface area contributed by atoms with Gasteiger partial charge < -0.3 is 34.3 Å². The molecule has 2 rings (SSSR count). The lowest BCUT2D eigenvalue weighted by atomic mass is 9.96. The number of ether oxygens (including phenoxy) is 4. The van der Waals surface area contributed by atoms with Crippen LogP contribution in [0.1, 0.15) is 11.5 Å². The van der Waals surface area contributed by atoms with E-state index < -0.39 is 18.5 Å². The first-order valence-electron chi connectivity index (χ1n) is 7.57. The third-order valence-electron chi connectivity index (χ3n) is 3.74. The van der Waals surface area contributed by atoms with E-state index in [2.05, 4.69) is 0 Å². The van der Waals surface area contributed by atoms with Crippen molar-refractivity contribution < 1.29 is 34.3 Å². The second-order valence-electron chi connectivity index (χ2n) is 5.21. The van der Waals surface area contributed by atoms with Crippen LogP contribution < -0.4 is 18.9 Å². The summed E-state index contributed by atoms with van der Waals surface area (Å²) in [5.41, 5.74) is 0.410. The van der Waals surface area contributed by atoms with E-state index in [4.69, 9.17) is 18.9 Å². The van der Waals surface area contributed by atoms with Crippen molar-refractivity contribution in [1.82, 2.24) is 0 Å². The summed E-state index contributed by atoms with van der Waals surface area (Å²) < 4.78 is 21.0. The first-order chi connectivity index (χ1) is 12.0. The van der Waals surface area contributed by atoms with Gasteiger partial charge in [-0.25, -0.2) is 0 Å². The molecule has 0 radical (unpaired) electrons. The Morgan fingerprint density at radius 3 is 2.00 bits per heavy atom. The summed E-state index contributed by atoms with van der Waals surface area (Å²) in [5.74, 6) is 0.490. The van der Waals surface area contributed by atoms with Gasteiger partial charge in [-0.05, 0) is 18.2 Å². The van der Waals surface area contributed by atoms with Crippen molar-refractivity contribution in [1.29, 1.82) is 0 Å². The Hall–Kier alpha value is -2.48. The molecule has 2 aromatic carbocycles. The van der Waals surface area contributed by atoms with Crippen LogP contribution in [0.3, 0.4) is 0 Å². The van der Waals surface area contributed by atoms with Crippen LogP contribution >= 0.6 is 0 Å². The smallest absolute Gasteiger partial charge is 0.209 e. The third kappa shape index (κ3) is 4.33. The molecule has 0 aliphatic carbocycles. The quantitative estimate of drug-likeness (QED) is 0.621. The molecule has 136 valence electrons. The van der Waals surface area contributed by atoms with Crippen molar-refractivity contribution in [3.63, 3.8) is 0 Å². The number of methoxy groups -OCH3 is 3. The molecule has 0 aliphatic heterocycles. The van der Waals surface area contributed by atoms with E-state index in [1.54, 1.807) is 36.4 Å². The summed E-state index contributed by atoms with van der Waals surface area (Å²) in [6.45, 7) is 0. The fraction of sp³-hybridized carbons (Fsp3) is 0.333. The standard InChI is InChI=1S/C18H22O7/c1-22-13-7-5-4-6-12(13)16(17(19)20)18(21)25-11-8-9-14(23-2)15(10-11)24-3/h4-10,16-21H,1-3H3. The van der Waals surface area contributed by atoms with Gasteiger partial charge in [0, 0.05) is 11.6 Å². The lowest BCUT2D eigenvalue weighted by Crippen LogP contribution is -2.34. The molecule has 2 aromatic rings. The molecule has 7 nitrogen and oxygen atoms in total. The van der Waals surface area contributed by atoms with Gasteiger partial charge in [-0.3, -0.25) is 0 Å². The number of para-hydroxylation sites is 1. The monoisotopic (exact) mass is 350 g/mol. The molecule has 0 saturated heterocycles. The molecule has 0 saturated carbocycles. The predicted octanol–water partition coefficient (Wildman–Crippen LogP) is 1.50. The van der Waals surface area contributed by atoms with E-state index in [1.165, 1.54) is 27.4 Å². The maximum atomic E-state index is 10.4. The SMILES string of the molecule is COc1ccc(OC(O)C(c2ccccc2OC)C(O)O)cc1OC. The van der Waals surface area contributed by atoms with Crippen LogP contribution in [0, 0.1) is 0 Å². The number of aliphatic hydroxyl groups is 3. The van der Waals surface area contributed by atoms with Crippen molar-refractivity contribution in [3.8, 4) is 23.0 Å². The van der Waals surface area contributed by atoms with Crippen molar-refractivity contribution in [2.24, 2.45) is 0 Å². The average molecular weight is 350 g/mol. The molecule has 0 aromatic heterocycles. The number of aliphatic hydroxyl groups excluding tert-OH is 2. The summed E-state index contributed by atoms with van der Waals surface area (Å²) in [6.07, 6.45) is -3.39. The van der Waals surface area contributed by atoms with Crippen LogP contribution in [-0.4, -0.2) is 49.2 Å². The Kier molecular flexibility index (Phi) is 6.46. The van der Waals surface area contributed by atoms with Crippen LogP contribution in [0.25, 0.3) is 0 Å². The van der Waals surface area contributed by atoms with Crippen LogP contribution in [0.5, 0.6) is 23.0 Å². The Bertz CT molecular complexity index is 687. The van der Waals surface area contributed by atoms with E-state index in [-0.39, 0.29) is 5.75 Å². The highest BCUT2D eigenvalue weighted by Crippen LogP contribution is 2.35. The first-order valence-corrected chi connectivity index (χ1v) is 7.57. The van der Waals surface area contributed by atoms with Crippen LogP contribution in [0.15, 0.2) is 42.5 Å². The minimum atomic E-state index is -1.86. The summed E-state index contributed by atoms with van der Waals surface area (Å²) >= 11 is 0. The third-order valence-corrected chi connectivity index (χ3v) is 3.74. The van der Waals surface area contributed by atoms with Gasteiger partial charge in [0.15, 0.2) is 17.8 Å². The van der Waals surface area contributed by atoms with E-state index >= 15 is 0 Å². The summed E-state index contributed by atoms with van der Waals surface area (Å²) in [6, 6.07) is 11.5. The molecule has 0 heterocycles. The van der Waals surface area contributed by atoms with Crippen LogP contribution in [0.2, 0.25) is 0 Å². The van der Waals surface area contributed by atoms with Gasteiger partial charge in [0.2, 0.25) is 6.29 Å². The summed E-state index contributed by atoms with van der Waals surface area (Å²) in [4.78, 5) is 0. The fourth-order valence-corrected chi connectivity index (χ4v) is 2.51. The topological polar surface area (TPSA) is 97.6 Å². The number of hydrogen-bond donors (Lipinski definition) is 3. The van der Waals surface area contributed by atoms with Crippen LogP contribution in [0.4, 0.5) is 0 Å². The maximum Gasteiger partial charge on any atom is 0.209 e. The van der Waals surface area contributed by atoms with Crippen LogP contribution in [-0.2, 0) is 0 Å². The molecule has 3 N–H and O–H groups in total.